The minimum absolute atomic E-state index is 0.154. The summed E-state index contributed by atoms with van der Waals surface area (Å²) < 4.78 is 6.10. The first-order valence-electron chi connectivity index (χ1n) is 9.27. The Morgan fingerprint density at radius 1 is 1.03 bits per heavy atom. The molecule has 29 heavy (non-hydrogen) atoms. The van der Waals surface area contributed by atoms with Crippen molar-refractivity contribution < 1.29 is 4.79 Å². The minimum atomic E-state index is -0.154. The van der Waals surface area contributed by atoms with Gasteiger partial charge in [-0.05, 0) is 12.1 Å². The summed E-state index contributed by atoms with van der Waals surface area (Å²) in [5, 5.41) is 8.08. The molecule has 0 atom stereocenters. The molecule has 5 rings (SSSR count). The highest BCUT2D eigenvalue weighted by molar-refractivity contribution is 7.09. The Bertz CT molecular complexity index is 1130. The number of hydrogen-bond donors (Lipinski definition) is 1. The van der Waals surface area contributed by atoms with Crippen LogP contribution >= 0.6 is 11.5 Å². The molecule has 1 fully saturated rings. The lowest BCUT2D eigenvalue weighted by Crippen LogP contribution is -2.50. The number of anilines is 2. The van der Waals surface area contributed by atoms with Gasteiger partial charge in [0.05, 0.1) is 0 Å². The second kappa shape index (κ2) is 7.47. The number of fused-ring (bicyclic) bond motifs is 1. The van der Waals surface area contributed by atoms with E-state index in [0.29, 0.717) is 32.0 Å². The Kier molecular flexibility index (Phi) is 4.53. The van der Waals surface area contributed by atoms with Gasteiger partial charge in [0.25, 0.3) is 0 Å². The molecule has 4 aromatic rings. The Morgan fingerprint density at radius 3 is 2.69 bits per heavy atom. The predicted molar refractivity (Wildman–Crippen MR) is 111 cm³/mol. The number of imidazole rings is 1. The first kappa shape index (κ1) is 17.6. The molecule has 10 heteroatoms. The summed E-state index contributed by atoms with van der Waals surface area (Å²) in [5.41, 5.74) is 1.75. The highest BCUT2D eigenvalue weighted by Crippen LogP contribution is 2.24. The standard InChI is InChI=1S/C19H18N8OS/c28-18(21-15-6-7-16-20-8-9-27(16)23-15)25-10-12-26(13-11-25)19-22-17(24-29-19)14-4-2-1-3-5-14/h1-9H,10-13H2,(H,21,23,28). The van der Waals surface area contributed by atoms with E-state index >= 15 is 0 Å². The molecule has 1 saturated heterocycles. The summed E-state index contributed by atoms with van der Waals surface area (Å²) in [4.78, 5) is 25.3. The van der Waals surface area contributed by atoms with Gasteiger partial charge in [0.15, 0.2) is 17.3 Å². The molecular formula is C19H18N8OS. The number of carbonyl (C=O) groups is 1. The number of aromatic nitrogens is 5. The average Bonchev–Trinajstić information content (AvgIpc) is 3.44. The molecule has 1 aromatic carbocycles. The zero-order chi connectivity index (χ0) is 19.6. The monoisotopic (exact) mass is 406 g/mol. The largest absolute Gasteiger partial charge is 0.343 e. The highest BCUT2D eigenvalue weighted by Gasteiger charge is 2.24. The van der Waals surface area contributed by atoms with Crippen molar-refractivity contribution in [3.63, 3.8) is 0 Å². The van der Waals surface area contributed by atoms with Crippen LogP contribution in [-0.4, -0.2) is 61.1 Å². The van der Waals surface area contributed by atoms with Crippen LogP contribution < -0.4 is 10.2 Å². The van der Waals surface area contributed by atoms with Crippen LogP contribution in [0.5, 0.6) is 0 Å². The second-order valence-electron chi connectivity index (χ2n) is 6.62. The van der Waals surface area contributed by atoms with Gasteiger partial charge in [-0.15, -0.1) is 5.10 Å². The van der Waals surface area contributed by atoms with Crippen LogP contribution in [0.3, 0.4) is 0 Å². The fraction of sp³-hybridized carbons (Fsp3) is 0.211. The first-order chi connectivity index (χ1) is 14.3. The van der Waals surface area contributed by atoms with Gasteiger partial charge in [-0.3, -0.25) is 5.32 Å². The lowest BCUT2D eigenvalue weighted by Gasteiger charge is -2.34. The van der Waals surface area contributed by atoms with Crippen molar-refractivity contribution in [3.8, 4) is 11.4 Å². The molecule has 146 valence electrons. The van der Waals surface area contributed by atoms with Gasteiger partial charge >= 0.3 is 6.03 Å². The SMILES string of the molecule is O=C(Nc1ccc2nccn2n1)N1CCN(c2nc(-c3ccccc3)ns2)CC1. The molecule has 0 radical (unpaired) electrons. The molecule has 9 nitrogen and oxygen atoms in total. The molecule has 0 bridgehead atoms. The van der Waals surface area contributed by atoms with E-state index in [-0.39, 0.29) is 6.03 Å². The quantitative estimate of drug-likeness (QED) is 0.562. The average molecular weight is 406 g/mol. The number of nitrogens with zero attached hydrogens (tertiary/aromatic N) is 7. The number of piperazine rings is 1. The lowest BCUT2D eigenvalue weighted by molar-refractivity contribution is 0.208. The van der Waals surface area contributed by atoms with Crippen LogP contribution in [0.25, 0.3) is 17.0 Å². The van der Waals surface area contributed by atoms with Crippen LogP contribution in [0.1, 0.15) is 0 Å². The topological polar surface area (TPSA) is 91.6 Å². The lowest BCUT2D eigenvalue weighted by atomic mass is 10.2. The minimum Gasteiger partial charge on any atom is -0.343 e. The van der Waals surface area contributed by atoms with Gasteiger partial charge in [0.1, 0.15) is 0 Å². The number of nitrogens with one attached hydrogen (secondary N) is 1. The summed E-state index contributed by atoms with van der Waals surface area (Å²) in [6.45, 7) is 2.65. The Balaban J connectivity index is 1.20. The zero-order valence-electron chi connectivity index (χ0n) is 15.5. The van der Waals surface area contributed by atoms with Gasteiger partial charge in [-0.2, -0.15) is 9.36 Å². The number of benzene rings is 1. The summed E-state index contributed by atoms with van der Waals surface area (Å²) in [5.74, 6) is 1.24. The van der Waals surface area contributed by atoms with Crippen LogP contribution in [0, 0.1) is 0 Å². The molecule has 2 amide bonds. The van der Waals surface area contributed by atoms with Gasteiger partial charge in [0.2, 0.25) is 5.13 Å². The van der Waals surface area contributed by atoms with Crippen molar-refractivity contribution in [2.24, 2.45) is 0 Å². The van der Waals surface area contributed by atoms with Crippen LogP contribution in [-0.2, 0) is 0 Å². The van der Waals surface area contributed by atoms with Crippen molar-refractivity contribution >= 4 is 34.2 Å². The maximum absolute atomic E-state index is 12.6. The maximum atomic E-state index is 12.6. The number of rotatable bonds is 3. The highest BCUT2D eigenvalue weighted by atomic mass is 32.1. The summed E-state index contributed by atoms with van der Waals surface area (Å²) in [6.07, 6.45) is 3.42. The van der Waals surface area contributed by atoms with Crippen LogP contribution in [0.2, 0.25) is 0 Å². The van der Waals surface area contributed by atoms with E-state index in [4.69, 9.17) is 0 Å². The van der Waals surface area contributed by atoms with Crippen molar-refractivity contribution in [3.05, 3.63) is 54.9 Å². The van der Waals surface area contributed by atoms with Gasteiger partial charge in [-0.25, -0.2) is 14.3 Å². The number of urea groups is 1. The molecule has 4 heterocycles. The molecule has 1 N–H and O–H groups in total. The zero-order valence-corrected chi connectivity index (χ0v) is 16.3. The van der Waals surface area contributed by atoms with E-state index < -0.39 is 0 Å². The summed E-state index contributed by atoms with van der Waals surface area (Å²) >= 11 is 1.39. The van der Waals surface area contributed by atoms with E-state index in [1.54, 1.807) is 27.9 Å². The molecule has 0 unspecified atom stereocenters. The second-order valence-corrected chi connectivity index (χ2v) is 7.35. The smallest absolute Gasteiger partial charge is 0.323 e. The van der Waals surface area contributed by atoms with E-state index in [9.17, 15) is 4.79 Å². The fourth-order valence-electron chi connectivity index (χ4n) is 3.22. The Morgan fingerprint density at radius 2 is 1.86 bits per heavy atom. The van der Waals surface area contributed by atoms with E-state index in [0.717, 1.165) is 22.2 Å². The molecule has 0 aliphatic carbocycles. The van der Waals surface area contributed by atoms with Crippen molar-refractivity contribution in [1.29, 1.82) is 0 Å². The van der Waals surface area contributed by atoms with Crippen LogP contribution in [0.15, 0.2) is 54.9 Å². The predicted octanol–water partition coefficient (Wildman–Crippen LogP) is 2.60. The van der Waals surface area contributed by atoms with Crippen molar-refractivity contribution in [2.45, 2.75) is 0 Å². The van der Waals surface area contributed by atoms with Gasteiger partial charge < -0.3 is 9.80 Å². The normalized spacial score (nSPS) is 14.3. The third kappa shape index (κ3) is 3.61. The number of carbonyl (C=O) groups excluding carboxylic acids is 1. The molecule has 3 aromatic heterocycles. The third-order valence-electron chi connectivity index (χ3n) is 4.77. The molecule has 1 aliphatic heterocycles. The van der Waals surface area contributed by atoms with E-state index in [1.165, 1.54) is 11.5 Å². The van der Waals surface area contributed by atoms with E-state index in [2.05, 4.69) is 29.7 Å². The Hall–Kier alpha value is -3.53. The van der Waals surface area contributed by atoms with E-state index in [1.807, 2.05) is 36.4 Å². The van der Waals surface area contributed by atoms with Crippen molar-refractivity contribution in [1.82, 2.24) is 28.9 Å². The third-order valence-corrected chi connectivity index (χ3v) is 5.55. The maximum Gasteiger partial charge on any atom is 0.323 e. The Labute approximate surface area is 170 Å². The molecule has 1 aliphatic rings. The molecule has 0 saturated carbocycles. The summed E-state index contributed by atoms with van der Waals surface area (Å²) in [6, 6.07) is 13.4. The number of hydrogen-bond acceptors (Lipinski definition) is 7. The van der Waals surface area contributed by atoms with Crippen LogP contribution in [0.4, 0.5) is 15.7 Å². The van der Waals surface area contributed by atoms with Gasteiger partial charge in [0, 0.05) is 55.7 Å². The van der Waals surface area contributed by atoms with Gasteiger partial charge in [-0.1, -0.05) is 30.3 Å². The number of amides is 2. The van der Waals surface area contributed by atoms with Crippen molar-refractivity contribution in [2.75, 3.05) is 36.4 Å². The first-order valence-corrected chi connectivity index (χ1v) is 10.0. The summed E-state index contributed by atoms with van der Waals surface area (Å²) in [7, 11) is 0. The molecular weight excluding hydrogens is 388 g/mol. The fourth-order valence-corrected chi connectivity index (χ4v) is 3.96. The molecule has 0 spiro atoms.